The molecule has 0 atom stereocenters. The zero-order valence-corrected chi connectivity index (χ0v) is 17.9. The Bertz CT molecular complexity index is 912. The minimum absolute atomic E-state index is 0.0712. The van der Waals surface area contributed by atoms with Crippen LogP contribution in [-0.2, 0) is 4.79 Å². The van der Waals surface area contributed by atoms with Crippen molar-refractivity contribution in [3.8, 4) is 5.75 Å². The summed E-state index contributed by atoms with van der Waals surface area (Å²) in [4.78, 5) is 29.0. The van der Waals surface area contributed by atoms with Crippen LogP contribution in [0.15, 0.2) is 36.4 Å². The van der Waals surface area contributed by atoms with E-state index in [0.717, 1.165) is 18.7 Å². The van der Waals surface area contributed by atoms with Crippen LogP contribution in [0.25, 0.3) is 0 Å². The van der Waals surface area contributed by atoms with Crippen LogP contribution in [-0.4, -0.2) is 61.4 Å². The maximum absolute atomic E-state index is 12.7. The van der Waals surface area contributed by atoms with Gasteiger partial charge in [0, 0.05) is 36.8 Å². The van der Waals surface area contributed by atoms with Crippen LogP contribution in [0.2, 0.25) is 10.0 Å². The van der Waals surface area contributed by atoms with E-state index < -0.39 is 0 Å². The number of carbonyl (C=O) groups excluding carboxylic acids is 2. The average Bonchev–Trinajstić information content (AvgIpc) is 2.70. The molecule has 29 heavy (non-hydrogen) atoms. The molecule has 0 radical (unpaired) electrons. The van der Waals surface area contributed by atoms with Crippen molar-refractivity contribution in [2.45, 2.75) is 6.92 Å². The number of benzene rings is 2. The van der Waals surface area contributed by atoms with Gasteiger partial charge in [-0.1, -0.05) is 23.2 Å². The Morgan fingerprint density at radius 2 is 1.72 bits per heavy atom. The lowest BCUT2D eigenvalue weighted by atomic mass is 10.1. The lowest BCUT2D eigenvalue weighted by Gasteiger charge is -2.32. The van der Waals surface area contributed by atoms with E-state index in [0.29, 0.717) is 40.1 Å². The van der Waals surface area contributed by atoms with E-state index in [9.17, 15) is 9.59 Å². The number of halogens is 2. The van der Waals surface area contributed by atoms with Gasteiger partial charge >= 0.3 is 0 Å². The molecule has 2 aromatic rings. The molecule has 1 heterocycles. The summed E-state index contributed by atoms with van der Waals surface area (Å²) in [7, 11) is 2.03. The Morgan fingerprint density at radius 1 is 1.03 bits per heavy atom. The topological polar surface area (TPSA) is 61.9 Å². The Labute approximate surface area is 180 Å². The predicted octanol–water partition coefficient (Wildman–Crippen LogP) is 3.71. The van der Waals surface area contributed by atoms with E-state index in [2.05, 4.69) is 10.2 Å². The molecular formula is C21H23Cl2N3O3. The van der Waals surface area contributed by atoms with Crippen LogP contribution < -0.4 is 10.1 Å². The van der Waals surface area contributed by atoms with Gasteiger partial charge in [-0.2, -0.15) is 0 Å². The van der Waals surface area contributed by atoms with Crippen LogP contribution >= 0.6 is 23.2 Å². The number of carbonyl (C=O) groups is 2. The molecule has 0 saturated carbocycles. The van der Waals surface area contributed by atoms with Gasteiger partial charge in [-0.3, -0.25) is 9.59 Å². The first-order valence-electron chi connectivity index (χ1n) is 9.29. The Kier molecular flexibility index (Phi) is 7.00. The highest BCUT2D eigenvalue weighted by Crippen LogP contribution is 2.25. The summed E-state index contributed by atoms with van der Waals surface area (Å²) >= 11 is 12.2. The Balaban J connectivity index is 1.62. The van der Waals surface area contributed by atoms with Crippen LogP contribution in [0, 0.1) is 6.92 Å². The molecular weight excluding hydrogens is 413 g/mol. The van der Waals surface area contributed by atoms with E-state index >= 15 is 0 Å². The first-order valence-corrected chi connectivity index (χ1v) is 10.1. The molecule has 6 nitrogen and oxygen atoms in total. The van der Waals surface area contributed by atoms with E-state index in [1.165, 1.54) is 0 Å². The Hall–Kier alpha value is -2.28. The largest absolute Gasteiger partial charge is 0.484 e. The number of nitrogens with zero attached hydrogens (tertiary/aromatic N) is 2. The predicted molar refractivity (Wildman–Crippen MR) is 115 cm³/mol. The van der Waals surface area contributed by atoms with Gasteiger partial charge in [0.1, 0.15) is 5.75 Å². The highest BCUT2D eigenvalue weighted by molar-refractivity contribution is 6.34. The van der Waals surface area contributed by atoms with Gasteiger partial charge in [0.2, 0.25) is 0 Å². The highest BCUT2D eigenvalue weighted by Gasteiger charge is 2.21. The van der Waals surface area contributed by atoms with Gasteiger partial charge in [0.25, 0.3) is 11.8 Å². The number of rotatable bonds is 5. The number of amides is 2. The zero-order valence-electron chi connectivity index (χ0n) is 16.4. The smallest absolute Gasteiger partial charge is 0.262 e. The molecule has 0 aromatic heterocycles. The van der Waals surface area contributed by atoms with Gasteiger partial charge in [0.05, 0.1) is 10.7 Å². The Morgan fingerprint density at radius 3 is 2.41 bits per heavy atom. The SMILES string of the molecule is Cc1cc(OCC(=O)Nc2cc(C(=O)N3CCN(C)CC3)ccc2Cl)ccc1Cl. The molecule has 3 rings (SSSR count). The monoisotopic (exact) mass is 435 g/mol. The maximum Gasteiger partial charge on any atom is 0.262 e. The van der Waals surface area contributed by atoms with Crippen molar-refractivity contribution >= 4 is 40.7 Å². The first kappa shape index (κ1) is 21.4. The summed E-state index contributed by atoms with van der Waals surface area (Å²) in [6.45, 7) is 4.70. The van der Waals surface area contributed by atoms with Gasteiger partial charge in [0.15, 0.2) is 6.61 Å². The van der Waals surface area contributed by atoms with Gasteiger partial charge in [-0.15, -0.1) is 0 Å². The van der Waals surface area contributed by atoms with Gasteiger partial charge in [-0.25, -0.2) is 0 Å². The molecule has 8 heteroatoms. The highest BCUT2D eigenvalue weighted by atomic mass is 35.5. The van der Waals surface area contributed by atoms with E-state index in [1.807, 2.05) is 14.0 Å². The third kappa shape index (κ3) is 5.63. The van der Waals surface area contributed by atoms with Crippen LogP contribution in [0.4, 0.5) is 5.69 Å². The quantitative estimate of drug-likeness (QED) is 0.777. The maximum atomic E-state index is 12.7. The van der Waals surface area contributed by atoms with E-state index in [-0.39, 0.29) is 18.4 Å². The third-order valence-electron chi connectivity index (χ3n) is 4.78. The first-order chi connectivity index (χ1) is 13.8. The lowest BCUT2D eigenvalue weighted by Crippen LogP contribution is -2.47. The number of likely N-dealkylation sites (N-methyl/N-ethyl adjacent to an activating group) is 1. The summed E-state index contributed by atoms with van der Waals surface area (Å²) in [5.41, 5.74) is 1.73. The molecule has 2 aromatic carbocycles. The summed E-state index contributed by atoms with van der Waals surface area (Å²) in [5.74, 6) is 0.106. The van der Waals surface area contributed by atoms with Crippen molar-refractivity contribution in [2.75, 3.05) is 45.2 Å². The van der Waals surface area contributed by atoms with Crippen LogP contribution in [0.5, 0.6) is 5.75 Å². The number of nitrogens with one attached hydrogen (secondary N) is 1. The van der Waals surface area contributed by atoms with Crippen molar-refractivity contribution in [1.82, 2.24) is 9.80 Å². The second kappa shape index (κ2) is 9.48. The fraction of sp³-hybridized carbons (Fsp3) is 0.333. The number of anilines is 1. The zero-order chi connectivity index (χ0) is 21.0. The second-order valence-corrected chi connectivity index (χ2v) is 7.85. The summed E-state index contributed by atoms with van der Waals surface area (Å²) < 4.78 is 5.51. The second-order valence-electron chi connectivity index (χ2n) is 7.04. The average molecular weight is 436 g/mol. The molecule has 1 N–H and O–H groups in total. The van der Waals surface area contributed by atoms with Crippen molar-refractivity contribution in [3.05, 3.63) is 57.6 Å². The number of ether oxygens (including phenoxy) is 1. The number of aryl methyl sites for hydroxylation is 1. The number of hydrogen-bond acceptors (Lipinski definition) is 4. The fourth-order valence-corrected chi connectivity index (χ4v) is 3.27. The third-order valence-corrected chi connectivity index (χ3v) is 5.53. The van der Waals surface area contributed by atoms with E-state index in [4.69, 9.17) is 27.9 Å². The summed E-state index contributed by atoms with van der Waals surface area (Å²) in [5, 5.41) is 3.70. The molecule has 0 aliphatic carbocycles. The van der Waals surface area contributed by atoms with Crippen LogP contribution in [0.3, 0.4) is 0 Å². The molecule has 154 valence electrons. The lowest BCUT2D eigenvalue weighted by molar-refractivity contribution is -0.118. The van der Waals surface area contributed by atoms with Crippen molar-refractivity contribution in [2.24, 2.45) is 0 Å². The van der Waals surface area contributed by atoms with Crippen molar-refractivity contribution in [1.29, 1.82) is 0 Å². The minimum Gasteiger partial charge on any atom is -0.484 e. The van der Waals surface area contributed by atoms with Crippen molar-refractivity contribution in [3.63, 3.8) is 0 Å². The molecule has 1 aliphatic rings. The molecule has 0 unspecified atom stereocenters. The molecule has 1 fully saturated rings. The van der Waals surface area contributed by atoms with E-state index in [1.54, 1.807) is 41.3 Å². The van der Waals surface area contributed by atoms with Gasteiger partial charge < -0.3 is 19.9 Å². The molecule has 2 amide bonds. The van der Waals surface area contributed by atoms with Crippen molar-refractivity contribution < 1.29 is 14.3 Å². The van der Waals surface area contributed by atoms with Gasteiger partial charge in [-0.05, 0) is 55.9 Å². The molecule has 1 aliphatic heterocycles. The van der Waals surface area contributed by atoms with Crippen LogP contribution in [0.1, 0.15) is 15.9 Å². The molecule has 0 bridgehead atoms. The molecule has 0 spiro atoms. The summed E-state index contributed by atoms with van der Waals surface area (Å²) in [6.07, 6.45) is 0. The standard InChI is InChI=1S/C21H23Cl2N3O3/c1-14-11-16(4-6-17(14)22)29-13-20(27)24-19-12-15(3-5-18(19)23)21(28)26-9-7-25(2)8-10-26/h3-6,11-12H,7-10,13H2,1-2H3,(H,24,27). The number of piperazine rings is 1. The fourth-order valence-electron chi connectivity index (χ4n) is 2.99. The molecule has 1 saturated heterocycles. The minimum atomic E-state index is -0.372. The summed E-state index contributed by atoms with van der Waals surface area (Å²) in [6, 6.07) is 10.1. The number of hydrogen-bond donors (Lipinski definition) is 1. The normalized spacial score (nSPS) is 14.6.